The Bertz CT molecular complexity index is 493. The molecular weight excluding hydrogens is 276 g/mol. The lowest BCUT2D eigenvalue weighted by molar-refractivity contribution is -0.159. The summed E-state index contributed by atoms with van der Waals surface area (Å²) in [4.78, 5) is 12.1. The van der Waals surface area contributed by atoms with E-state index in [4.69, 9.17) is 4.74 Å². The molecule has 0 radical (unpaired) electrons. The van der Waals surface area contributed by atoms with Crippen molar-refractivity contribution in [3.63, 3.8) is 0 Å². The van der Waals surface area contributed by atoms with Gasteiger partial charge in [0.25, 0.3) is 0 Å². The van der Waals surface area contributed by atoms with E-state index >= 15 is 0 Å². The molecule has 1 aromatic rings. The SMILES string of the molecule is CC(C)C=C[C@@H](O)C(=O)O[C@@H]1CCCC[C@H]1c1ccccc1. The summed E-state index contributed by atoms with van der Waals surface area (Å²) in [7, 11) is 0. The van der Waals surface area contributed by atoms with Gasteiger partial charge in [-0.15, -0.1) is 0 Å². The summed E-state index contributed by atoms with van der Waals surface area (Å²) >= 11 is 0. The highest BCUT2D eigenvalue weighted by Crippen LogP contribution is 2.35. The van der Waals surface area contributed by atoms with Gasteiger partial charge in [0, 0.05) is 5.92 Å². The normalized spacial score (nSPS) is 23.6. The Morgan fingerprint density at radius 3 is 2.55 bits per heavy atom. The first-order valence-corrected chi connectivity index (χ1v) is 8.19. The fourth-order valence-corrected chi connectivity index (χ4v) is 2.94. The molecule has 3 nitrogen and oxygen atoms in total. The zero-order valence-corrected chi connectivity index (χ0v) is 13.4. The van der Waals surface area contributed by atoms with E-state index in [9.17, 15) is 9.90 Å². The van der Waals surface area contributed by atoms with E-state index in [-0.39, 0.29) is 12.0 Å². The highest BCUT2D eigenvalue weighted by molar-refractivity contribution is 5.76. The number of esters is 1. The van der Waals surface area contributed by atoms with Crippen molar-refractivity contribution in [2.75, 3.05) is 0 Å². The predicted octanol–water partition coefficient (Wildman–Crippen LogP) is 3.83. The van der Waals surface area contributed by atoms with Gasteiger partial charge in [-0.25, -0.2) is 4.79 Å². The molecule has 0 unspecified atom stereocenters. The lowest BCUT2D eigenvalue weighted by Crippen LogP contribution is -2.32. The highest BCUT2D eigenvalue weighted by atomic mass is 16.6. The standard InChI is InChI=1S/C19H26O3/c1-14(2)12-13-17(20)19(21)22-18-11-7-6-10-16(18)15-8-4-3-5-9-15/h3-5,8-9,12-14,16-18,20H,6-7,10-11H2,1-2H3/t16-,17+,18+/m0/s1. The number of rotatable bonds is 5. The van der Waals surface area contributed by atoms with Crippen LogP contribution in [0.4, 0.5) is 0 Å². The molecule has 0 bridgehead atoms. The smallest absolute Gasteiger partial charge is 0.339 e. The maximum atomic E-state index is 12.1. The molecule has 0 aliphatic heterocycles. The second-order valence-corrected chi connectivity index (χ2v) is 6.35. The average Bonchev–Trinajstić information content (AvgIpc) is 2.53. The fraction of sp³-hybridized carbons (Fsp3) is 0.526. The van der Waals surface area contributed by atoms with Crippen LogP contribution in [0, 0.1) is 5.92 Å². The summed E-state index contributed by atoms with van der Waals surface area (Å²) in [6.07, 6.45) is 6.16. The van der Waals surface area contributed by atoms with Crippen LogP contribution in [-0.4, -0.2) is 23.3 Å². The lowest BCUT2D eigenvalue weighted by Gasteiger charge is -2.31. The summed E-state index contributed by atoms with van der Waals surface area (Å²) in [5.74, 6) is -0.000827. The van der Waals surface area contributed by atoms with Crippen molar-refractivity contribution in [3.05, 3.63) is 48.0 Å². The monoisotopic (exact) mass is 302 g/mol. The van der Waals surface area contributed by atoms with Crippen LogP contribution in [0.1, 0.15) is 51.0 Å². The van der Waals surface area contributed by atoms with Gasteiger partial charge in [0.2, 0.25) is 0 Å². The Labute approximate surface area is 133 Å². The molecule has 1 N–H and O–H groups in total. The molecule has 22 heavy (non-hydrogen) atoms. The molecule has 1 aromatic carbocycles. The molecule has 0 saturated heterocycles. The van der Waals surface area contributed by atoms with Gasteiger partial charge in [-0.05, 0) is 36.8 Å². The van der Waals surface area contributed by atoms with E-state index in [1.54, 1.807) is 0 Å². The first-order valence-electron chi connectivity index (χ1n) is 8.19. The van der Waals surface area contributed by atoms with Crippen LogP contribution < -0.4 is 0 Å². The average molecular weight is 302 g/mol. The number of ether oxygens (including phenoxy) is 1. The first kappa shape index (κ1) is 16.8. The third kappa shape index (κ3) is 4.70. The Balaban J connectivity index is 2.01. The van der Waals surface area contributed by atoms with Gasteiger partial charge >= 0.3 is 5.97 Å². The minimum Gasteiger partial charge on any atom is -0.460 e. The second-order valence-electron chi connectivity index (χ2n) is 6.35. The second kappa shape index (κ2) is 8.14. The number of aliphatic hydroxyl groups excluding tert-OH is 1. The Kier molecular flexibility index (Phi) is 6.20. The van der Waals surface area contributed by atoms with Crippen molar-refractivity contribution < 1.29 is 14.6 Å². The molecule has 0 heterocycles. The topological polar surface area (TPSA) is 46.5 Å². The Hall–Kier alpha value is -1.61. The molecule has 0 amide bonds. The molecule has 120 valence electrons. The zero-order chi connectivity index (χ0) is 15.9. The van der Waals surface area contributed by atoms with E-state index < -0.39 is 12.1 Å². The van der Waals surface area contributed by atoms with E-state index in [1.807, 2.05) is 38.1 Å². The first-order chi connectivity index (χ1) is 10.6. The van der Waals surface area contributed by atoms with Gasteiger partial charge < -0.3 is 9.84 Å². The van der Waals surface area contributed by atoms with Crippen LogP contribution in [0.5, 0.6) is 0 Å². The maximum Gasteiger partial charge on any atom is 0.339 e. The van der Waals surface area contributed by atoms with Crippen molar-refractivity contribution in [2.45, 2.75) is 57.7 Å². The molecule has 0 aromatic heterocycles. The fourth-order valence-electron chi connectivity index (χ4n) is 2.94. The Morgan fingerprint density at radius 2 is 1.86 bits per heavy atom. The van der Waals surface area contributed by atoms with Crippen molar-refractivity contribution in [3.8, 4) is 0 Å². The van der Waals surface area contributed by atoms with Crippen molar-refractivity contribution >= 4 is 5.97 Å². The van der Waals surface area contributed by atoms with E-state index in [2.05, 4.69) is 12.1 Å². The van der Waals surface area contributed by atoms with Gasteiger partial charge in [0.1, 0.15) is 6.10 Å². The highest BCUT2D eigenvalue weighted by Gasteiger charge is 2.30. The molecule has 1 aliphatic rings. The minimum atomic E-state index is -1.17. The molecule has 3 atom stereocenters. The number of carbonyl (C=O) groups is 1. The number of hydrogen-bond acceptors (Lipinski definition) is 3. The molecule has 1 aliphatic carbocycles. The van der Waals surface area contributed by atoms with Crippen LogP contribution in [0.2, 0.25) is 0 Å². The molecule has 3 heteroatoms. The van der Waals surface area contributed by atoms with Gasteiger partial charge in [-0.1, -0.05) is 56.7 Å². The van der Waals surface area contributed by atoms with E-state index in [0.29, 0.717) is 5.92 Å². The van der Waals surface area contributed by atoms with E-state index in [0.717, 1.165) is 25.7 Å². The van der Waals surface area contributed by atoms with Gasteiger partial charge in [0.05, 0.1) is 0 Å². The quantitative estimate of drug-likeness (QED) is 0.664. The molecule has 1 saturated carbocycles. The summed E-state index contributed by atoms with van der Waals surface area (Å²) in [6.45, 7) is 4.00. The number of carbonyl (C=O) groups excluding carboxylic acids is 1. The third-order valence-corrected chi connectivity index (χ3v) is 4.12. The summed E-state index contributed by atoms with van der Waals surface area (Å²) in [5, 5.41) is 9.89. The van der Waals surface area contributed by atoms with Crippen LogP contribution in [0.25, 0.3) is 0 Å². The number of hydrogen-bond donors (Lipinski definition) is 1. The third-order valence-electron chi connectivity index (χ3n) is 4.12. The van der Waals surface area contributed by atoms with Gasteiger partial charge in [-0.3, -0.25) is 0 Å². The largest absolute Gasteiger partial charge is 0.460 e. The molecule has 1 fully saturated rings. The number of benzene rings is 1. The minimum absolute atomic E-state index is 0.134. The summed E-state index contributed by atoms with van der Waals surface area (Å²) in [6, 6.07) is 10.2. The van der Waals surface area contributed by atoms with Crippen molar-refractivity contribution in [2.24, 2.45) is 5.92 Å². The zero-order valence-electron chi connectivity index (χ0n) is 13.4. The molecule has 2 rings (SSSR count). The van der Waals surface area contributed by atoms with E-state index in [1.165, 1.54) is 11.6 Å². The summed E-state index contributed by atoms with van der Waals surface area (Å²) in [5.41, 5.74) is 1.22. The van der Waals surface area contributed by atoms with Gasteiger partial charge in [0.15, 0.2) is 6.10 Å². The van der Waals surface area contributed by atoms with Crippen LogP contribution in [0.15, 0.2) is 42.5 Å². The van der Waals surface area contributed by atoms with Gasteiger partial charge in [-0.2, -0.15) is 0 Å². The Morgan fingerprint density at radius 1 is 1.18 bits per heavy atom. The molecular formula is C19H26O3. The summed E-state index contributed by atoms with van der Waals surface area (Å²) < 4.78 is 5.61. The maximum absolute atomic E-state index is 12.1. The van der Waals surface area contributed by atoms with Crippen LogP contribution >= 0.6 is 0 Å². The number of allylic oxidation sites excluding steroid dienone is 1. The molecule has 0 spiro atoms. The van der Waals surface area contributed by atoms with Crippen molar-refractivity contribution in [1.82, 2.24) is 0 Å². The van der Waals surface area contributed by atoms with Crippen molar-refractivity contribution in [1.29, 1.82) is 0 Å². The number of aliphatic hydroxyl groups is 1. The predicted molar refractivity (Wildman–Crippen MR) is 87.5 cm³/mol. The van der Waals surface area contributed by atoms with Crippen LogP contribution in [0.3, 0.4) is 0 Å². The lowest BCUT2D eigenvalue weighted by atomic mass is 9.81. The van der Waals surface area contributed by atoms with Crippen LogP contribution in [-0.2, 0) is 9.53 Å².